The van der Waals surface area contributed by atoms with Crippen LogP contribution in [0.25, 0.3) is 5.76 Å². The number of ketones is 2. The van der Waals surface area contributed by atoms with Gasteiger partial charge in [-0.1, -0.05) is 0 Å². The normalized spacial score (nSPS) is 30.5. The number of nitrogens with zero attached hydrogens (tertiary/aromatic N) is 2. The van der Waals surface area contributed by atoms with Crippen molar-refractivity contribution >= 4 is 34.8 Å². The molecule has 2 fully saturated rings. The summed E-state index contributed by atoms with van der Waals surface area (Å²) in [6.07, 6.45) is -1.31. The van der Waals surface area contributed by atoms with Gasteiger partial charge < -0.3 is 41.3 Å². The minimum atomic E-state index is -2.71. The molecule has 0 aromatic heterocycles. The van der Waals surface area contributed by atoms with Gasteiger partial charge in [0, 0.05) is 56.3 Å². The number of aliphatic hydroxyl groups is 3. The smallest absolute Gasteiger partial charge is 0.230 e. The Kier molecular flexibility index (Phi) is 6.79. The third-order valence-electron chi connectivity index (χ3n) is 8.15. The molecule has 0 spiro atoms. The second-order valence-corrected chi connectivity index (χ2v) is 10.9. The fraction of sp³-hybridized carbons (Fsp3) is 0.538. The number of amides is 2. The number of hydrogen-bond acceptors (Lipinski definition) is 10. The number of rotatable bonds is 5. The van der Waals surface area contributed by atoms with E-state index in [9.17, 15) is 39.6 Å². The van der Waals surface area contributed by atoms with Crippen LogP contribution in [0, 0.1) is 17.8 Å². The maximum atomic E-state index is 13.9. The van der Waals surface area contributed by atoms with Crippen molar-refractivity contribution in [3.63, 3.8) is 0 Å². The van der Waals surface area contributed by atoms with Crippen LogP contribution in [0.4, 0.5) is 5.69 Å². The standard InChI is InChI=1S/C26H34N4O8/c1-10(31)28-9-12-8-15(29(2)3)13-6-11-7-14-19(30(4)5)22(34)18(25(27)37)24(36)26(14,38)23(35)16(11)21(33)17(13)20(12)32/h8,11,14,18-19,22,32-34,38H,6-7,9H2,1-5H3,(H2,27,37)(H,28,31)/t11-,14-,18?,19?,22?,26-/m0/s1. The SMILES string of the molecule is CC(=O)NCc1cc(N(C)C)c2c(c1O)C(O)=C1C(=O)[C@]3(O)C(=O)C(C(N)=O)C(O)C(N(C)C)[C@@H]3C[C@@H]1C2. The van der Waals surface area contributed by atoms with E-state index in [1.165, 1.54) is 6.92 Å². The van der Waals surface area contributed by atoms with Gasteiger partial charge in [0.05, 0.1) is 11.7 Å². The highest BCUT2D eigenvalue weighted by Crippen LogP contribution is 2.53. The van der Waals surface area contributed by atoms with E-state index >= 15 is 0 Å². The molecule has 0 heterocycles. The maximum absolute atomic E-state index is 13.9. The van der Waals surface area contributed by atoms with Crippen LogP contribution in [0.3, 0.4) is 0 Å². The number of hydrogen-bond donors (Lipinski definition) is 6. The molecule has 1 aromatic carbocycles. The number of aliphatic hydroxyl groups excluding tert-OH is 2. The first-order valence-corrected chi connectivity index (χ1v) is 12.3. The van der Waals surface area contributed by atoms with E-state index in [0.717, 1.165) is 0 Å². The van der Waals surface area contributed by atoms with E-state index in [4.69, 9.17) is 5.73 Å². The molecule has 3 aliphatic carbocycles. The van der Waals surface area contributed by atoms with E-state index in [-0.39, 0.29) is 42.2 Å². The summed E-state index contributed by atoms with van der Waals surface area (Å²) in [6, 6.07) is 0.739. The molecule has 1 aromatic rings. The van der Waals surface area contributed by atoms with Crippen molar-refractivity contribution in [3.8, 4) is 5.75 Å². The Balaban J connectivity index is 1.93. The highest BCUT2D eigenvalue weighted by Gasteiger charge is 2.67. The predicted octanol–water partition coefficient (Wildman–Crippen LogP) is -1.17. The number of carbonyl (C=O) groups excluding carboxylic acids is 4. The number of phenols is 1. The van der Waals surface area contributed by atoms with Crippen LogP contribution in [0.15, 0.2) is 11.6 Å². The highest BCUT2D eigenvalue weighted by molar-refractivity contribution is 6.25. The molecule has 3 unspecified atom stereocenters. The van der Waals surface area contributed by atoms with Crippen molar-refractivity contribution in [1.29, 1.82) is 0 Å². The summed E-state index contributed by atoms with van der Waals surface area (Å²) >= 11 is 0. The molecule has 38 heavy (non-hydrogen) atoms. The molecule has 0 radical (unpaired) electrons. The molecule has 12 nitrogen and oxygen atoms in total. The Hall–Kier alpha value is -3.48. The first-order valence-electron chi connectivity index (χ1n) is 12.3. The van der Waals surface area contributed by atoms with Crippen molar-refractivity contribution in [3.05, 3.63) is 28.3 Å². The Bertz CT molecular complexity index is 1270. The van der Waals surface area contributed by atoms with Crippen LogP contribution in [0.2, 0.25) is 0 Å². The van der Waals surface area contributed by atoms with Crippen molar-refractivity contribution < 1.29 is 39.6 Å². The van der Waals surface area contributed by atoms with Crippen LogP contribution >= 0.6 is 0 Å². The largest absolute Gasteiger partial charge is 0.507 e. The lowest BCUT2D eigenvalue weighted by molar-refractivity contribution is -0.184. The number of nitrogens with two attached hydrogens (primary N) is 1. The van der Waals surface area contributed by atoms with Gasteiger partial charge in [-0.3, -0.25) is 19.2 Å². The first kappa shape index (κ1) is 27.6. The van der Waals surface area contributed by atoms with Gasteiger partial charge in [0.1, 0.15) is 17.4 Å². The minimum Gasteiger partial charge on any atom is -0.507 e. The number of phenolic OH excluding ortho intramolecular Hbond substituents is 1. The molecule has 0 bridgehead atoms. The molecule has 206 valence electrons. The summed E-state index contributed by atoms with van der Waals surface area (Å²) in [4.78, 5) is 54.3. The molecule has 12 heteroatoms. The molecule has 4 rings (SSSR count). The lowest BCUT2D eigenvalue weighted by Crippen LogP contribution is -2.73. The number of fused-ring (bicyclic) bond motifs is 3. The second kappa shape index (κ2) is 9.37. The molecule has 2 amide bonds. The molecule has 2 saturated carbocycles. The summed E-state index contributed by atoms with van der Waals surface area (Å²) in [7, 11) is 6.76. The molecular weight excluding hydrogens is 496 g/mol. The van der Waals surface area contributed by atoms with Crippen LogP contribution < -0.4 is 16.0 Å². The summed E-state index contributed by atoms with van der Waals surface area (Å²) in [5.41, 5.74) is 3.95. The lowest BCUT2D eigenvalue weighted by atomic mass is 9.54. The highest BCUT2D eigenvalue weighted by atomic mass is 16.3. The number of anilines is 1. The number of Topliss-reactive ketones (excluding diaryl/α,β-unsaturated/α-hetero) is 2. The van der Waals surface area contributed by atoms with Gasteiger partial charge in [0.25, 0.3) is 0 Å². The summed E-state index contributed by atoms with van der Waals surface area (Å²) in [5.74, 6) is -8.23. The number of carbonyl (C=O) groups is 4. The quantitative estimate of drug-likeness (QED) is 0.253. The van der Waals surface area contributed by atoms with E-state index in [0.29, 0.717) is 16.8 Å². The Morgan fingerprint density at radius 1 is 1.18 bits per heavy atom. The fourth-order valence-electron chi connectivity index (χ4n) is 6.46. The lowest BCUT2D eigenvalue weighted by Gasteiger charge is -2.53. The summed E-state index contributed by atoms with van der Waals surface area (Å²) < 4.78 is 0. The summed E-state index contributed by atoms with van der Waals surface area (Å²) in [6.45, 7) is 1.28. The zero-order chi connectivity index (χ0) is 28.4. The minimum absolute atomic E-state index is 0.0166. The van der Waals surface area contributed by atoms with Crippen LogP contribution in [-0.2, 0) is 32.1 Å². The van der Waals surface area contributed by atoms with Crippen molar-refractivity contribution in [2.24, 2.45) is 23.5 Å². The van der Waals surface area contributed by atoms with Gasteiger partial charge in [-0.05, 0) is 44.5 Å². The van der Waals surface area contributed by atoms with Crippen molar-refractivity contribution in [2.45, 2.75) is 44.1 Å². The molecular formula is C26H34N4O8. The zero-order valence-electron chi connectivity index (χ0n) is 22.0. The van der Waals surface area contributed by atoms with Crippen LogP contribution in [0.1, 0.15) is 30.0 Å². The second-order valence-electron chi connectivity index (χ2n) is 10.9. The third-order valence-corrected chi connectivity index (χ3v) is 8.15. The Morgan fingerprint density at radius 3 is 2.34 bits per heavy atom. The number of nitrogens with one attached hydrogen (secondary N) is 1. The predicted molar refractivity (Wildman–Crippen MR) is 136 cm³/mol. The van der Waals surface area contributed by atoms with E-state index in [1.54, 1.807) is 44.1 Å². The Morgan fingerprint density at radius 2 is 1.82 bits per heavy atom. The molecule has 0 saturated heterocycles. The monoisotopic (exact) mass is 530 g/mol. The summed E-state index contributed by atoms with van der Waals surface area (Å²) in [5, 5.41) is 47.8. The van der Waals surface area contributed by atoms with E-state index in [1.807, 2.05) is 0 Å². The van der Waals surface area contributed by atoms with Crippen molar-refractivity contribution in [1.82, 2.24) is 10.2 Å². The first-order chi connectivity index (χ1) is 17.6. The zero-order valence-corrected chi connectivity index (χ0v) is 22.0. The molecule has 7 N–H and O–H groups in total. The van der Waals surface area contributed by atoms with Crippen LogP contribution in [-0.4, -0.2) is 94.6 Å². The van der Waals surface area contributed by atoms with Gasteiger partial charge in [0.2, 0.25) is 17.6 Å². The Labute approximate surface area is 219 Å². The van der Waals surface area contributed by atoms with Gasteiger partial charge >= 0.3 is 0 Å². The average Bonchev–Trinajstić information content (AvgIpc) is 2.80. The molecule has 3 aliphatic rings. The maximum Gasteiger partial charge on any atom is 0.230 e. The number of likely N-dealkylation sites (N-methyl/N-ethyl adjacent to an activating group) is 1. The molecule has 0 aliphatic heterocycles. The molecule has 6 atom stereocenters. The fourth-order valence-corrected chi connectivity index (χ4v) is 6.46. The number of aromatic hydroxyl groups is 1. The van der Waals surface area contributed by atoms with Crippen LogP contribution in [0.5, 0.6) is 5.75 Å². The topological polar surface area (TPSA) is 194 Å². The van der Waals surface area contributed by atoms with Gasteiger partial charge in [-0.25, -0.2) is 0 Å². The van der Waals surface area contributed by atoms with Gasteiger partial charge in [-0.2, -0.15) is 0 Å². The van der Waals surface area contributed by atoms with Crippen molar-refractivity contribution in [2.75, 3.05) is 33.1 Å². The number of primary amides is 1. The van der Waals surface area contributed by atoms with Gasteiger partial charge in [-0.15, -0.1) is 0 Å². The van der Waals surface area contributed by atoms with E-state index in [2.05, 4.69) is 5.32 Å². The van der Waals surface area contributed by atoms with Gasteiger partial charge in [0.15, 0.2) is 11.4 Å². The number of benzene rings is 1. The third kappa shape index (κ3) is 3.86. The average molecular weight is 531 g/mol. The van der Waals surface area contributed by atoms with E-state index < -0.39 is 58.7 Å².